The number of hydrogen-bond donors (Lipinski definition) is 1. The fourth-order valence-electron chi connectivity index (χ4n) is 1.56. The molecule has 0 aliphatic carbocycles. The number of thiocarbonyl (C=S) groups is 1. The molecule has 2 aromatic rings. The molecule has 0 bridgehead atoms. The number of hydrogen-bond acceptors (Lipinski definition) is 2. The summed E-state index contributed by atoms with van der Waals surface area (Å²) >= 11 is 11.1. The third-order valence-electron chi connectivity index (χ3n) is 2.47. The van der Waals surface area contributed by atoms with E-state index in [1.54, 1.807) is 18.2 Å². The number of rotatable bonds is 3. The lowest BCUT2D eigenvalue weighted by Gasteiger charge is -2.11. The van der Waals surface area contributed by atoms with Crippen LogP contribution >= 0.6 is 23.8 Å². The van der Waals surface area contributed by atoms with Gasteiger partial charge in [-0.2, -0.15) is 0 Å². The first-order valence-electron chi connectivity index (χ1n) is 5.41. The van der Waals surface area contributed by atoms with Crippen LogP contribution in [0.3, 0.4) is 0 Å². The first-order chi connectivity index (χ1) is 8.58. The van der Waals surface area contributed by atoms with E-state index >= 15 is 0 Å². The topological polar surface area (TPSA) is 35.2 Å². The van der Waals surface area contributed by atoms with E-state index in [-0.39, 0.29) is 4.99 Å². The van der Waals surface area contributed by atoms with E-state index in [1.807, 2.05) is 31.2 Å². The summed E-state index contributed by atoms with van der Waals surface area (Å²) in [7, 11) is 0. The molecule has 0 saturated heterocycles. The monoisotopic (exact) mass is 277 g/mol. The average Bonchev–Trinajstić information content (AvgIpc) is 2.32. The van der Waals surface area contributed by atoms with E-state index in [9.17, 15) is 0 Å². The van der Waals surface area contributed by atoms with E-state index in [1.165, 1.54) is 5.56 Å². The third-order valence-corrected chi connectivity index (χ3v) is 2.99. The highest BCUT2D eigenvalue weighted by molar-refractivity contribution is 7.80. The van der Waals surface area contributed by atoms with Crippen molar-refractivity contribution in [2.45, 2.75) is 6.92 Å². The van der Waals surface area contributed by atoms with Crippen LogP contribution in [0.25, 0.3) is 0 Å². The molecule has 0 unspecified atom stereocenters. The fraction of sp³-hybridized carbons (Fsp3) is 0.0714. The van der Waals surface area contributed by atoms with Crippen molar-refractivity contribution in [3.8, 4) is 11.5 Å². The number of ether oxygens (including phenoxy) is 1. The Labute approximate surface area is 116 Å². The Morgan fingerprint density at radius 1 is 1.17 bits per heavy atom. The molecule has 2 nitrogen and oxygen atoms in total. The summed E-state index contributed by atoms with van der Waals surface area (Å²) in [5, 5.41) is 0.493. The maximum absolute atomic E-state index is 6.07. The smallest absolute Gasteiger partial charge is 0.139 e. The summed E-state index contributed by atoms with van der Waals surface area (Å²) in [6, 6.07) is 13.0. The molecule has 2 aromatic carbocycles. The molecule has 92 valence electrons. The van der Waals surface area contributed by atoms with E-state index in [4.69, 9.17) is 34.3 Å². The molecule has 0 aliphatic rings. The minimum atomic E-state index is 0.225. The molecule has 0 aromatic heterocycles. The highest BCUT2D eigenvalue weighted by Crippen LogP contribution is 2.30. The van der Waals surface area contributed by atoms with Crippen LogP contribution in [-0.4, -0.2) is 4.99 Å². The second-order valence-corrected chi connectivity index (χ2v) is 4.74. The van der Waals surface area contributed by atoms with Crippen LogP contribution in [0, 0.1) is 6.92 Å². The van der Waals surface area contributed by atoms with E-state index < -0.39 is 0 Å². The average molecular weight is 278 g/mol. The summed E-state index contributed by atoms with van der Waals surface area (Å²) in [6.07, 6.45) is 0. The van der Waals surface area contributed by atoms with Gasteiger partial charge >= 0.3 is 0 Å². The van der Waals surface area contributed by atoms with Gasteiger partial charge in [-0.15, -0.1) is 0 Å². The second kappa shape index (κ2) is 5.38. The molecule has 0 radical (unpaired) electrons. The molecule has 2 N–H and O–H groups in total. The van der Waals surface area contributed by atoms with E-state index in [0.29, 0.717) is 16.3 Å². The first kappa shape index (κ1) is 12.9. The quantitative estimate of drug-likeness (QED) is 0.859. The van der Waals surface area contributed by atoms with Crippen molar-refractivity contribution in [2.75, 3.05) is 0 Å². The molecule has 0 spiro atoms. The minimum absolute atomic E-state index is 0.225. The lowest BCUT2D eigenvalue weighted by Crippen LogP contribution is -2.11. The minimum Gasteiger partial charge on any atom is -0.457 e. The van der Waals surface area contributed by atoms with E-state index in [2.05, 4.69) is 0 Å². The molecule has 18 heavy (non-hydrogen) atoms. The standard InChI is InChI=1S/C14H12ClNOS/c1-9-5-7-10(8-6-9)17-12-4-2-3-11(15)13(12)14(16)18/h2-8H,1H3,(H2,16,18). The normalized spacial score (nSPS) is 10.1. The van der Waals surface area contributed by atoms with Crippen molar-refractivity contribution in [1.82, 2.24) is 0 Å². The molecule has 0 saturated carbocycles. The van der Waals surface area contributed by atoms with Gasteiger partial charge in [-0.3, -0.25) is 0 Å². The van der Waals surface area contributed by atoms with Crippen molar-refractivity contribution in [2.24, 2.45) is 5.73 Å². The summed E-state index contributed by atoms with van der Waals surface area (Å²) in [6.45, 7) is 2.02. The van der Waals surface area contributed by atoms with Crippen LogP contribution in [-0.2, 0) is 0 Å². The third kappa shape index (κ3) is 2.81. The van der Waals surface area contributed by atoms with Gasteiger partial charge in [-0.05, 0) is 31.2 Å². The van der Waals surface area contributed by atoms with Crippen LogP contribution in [0.4, 0.5) is 0 Å². The molecule has 0 fully saturated rings. The predicted octanol–water partition coefficient (Wildman–Crippen LogP) is 4.07. The Kier molecular flexibility index (Phi) is 3.84. The van der Waals surface area contributed by atoms with Crippen molar-refractivity contribution in [1.29, 1.82) is 0 Å². The maximum atomic E-state index is 6.07. The Morgan fingerprint density at radius 3 is 2.44 bits per heavy atom. The zero-order valence-corrected chi connectivity index (χ0v) is 11.4. The Morgan fingerprint density at radius 2 is 1.83 bits per heavy atom. The van der Waals surface area contributed by atoms with Crippen LogP contribution in [0.5, 0.6) is 11.5 Å². The van der Waals surface area contributed by atoms with Gasteiger partial charge < -0.3 is 10.5 Å². The Hall–Kier alpha value is -1.58. The highest BCUT2D eigenvalue weighted by Gasteiger charge is 2.11. The predicted molar refractivity (Wildman–Crippen MR) is 78.6 cm³/mol. The zero-order valence-electron chi connectivity index (χ0n) is 9.81. The Balaban J connectivity index is 2.37. The number of aryl methyl sites for hydroxylation is 1. The molecule has 2 rings (SSSR count). The molecule has 0 atom stereocenters. The molecule has 0 heterocycles. The lowest BCUT2D eigenvalue weighted by atomic mass is 10.2. The van der Waals surface area contributed by atoms with Crippen molar-refractivity contribution >= 4 is 28.8 Å². The van der Waals surface area contributed by atoms with Crippen LogP contribution in [0.15, 0.2) is 42.5 Å². The van der Waals surface area contributed by atoms with Gasteiger partial charge in [0.15, 0.2) is 0 Å². The Bertz CT molecular complexity index is 581. The van der Waals surface area contributed by atoms with Gasteiger partial charge in [-0.25, -0.2) is 0 Å². The largest absolute Gasteiger partial charge is 0.457 e. The maximum Gasteiger partial charge on any atom is 0.139 e. The van der Waals surface area contributed by atoms with Gasteiger partial charge in [0, 0.05) is 0 Å². The zero-order chi connectivity index (χ0) is 13.1. The van der Waals surface area contributed by atoms with Crippen molar-refractivity contribution in [3.05, 3.63) is 58.6 Å². The number of nitrogens with two attached hydrogens (primary N) is 1. The van der Waals surface area contributed by atoms with Crippen molar-refractivity contribution < 1.29 is 4.74 Å². The van der Waals surface area contributed by atoms with Crippen molar-refractivity contribution in [3.63, 3.8) is 0 Å². The molecule has 0 aliphatic heterocycles. The van der Waals surface area contributed by atoms with Crippen LogP contribution in [0.1, 0.15) is 11.1 Å². The summed E-state index contributed by atoms with van der Waals surface area (Å²) in [4.78, 5) is 0.225. The summed E-state index contributed by atoms with van der Waals surface area (Å²) < 4.78 is 5.75. The first-order valence-corrected chi connectivity index (χ1v) is 6.19. The second-order valence-electron chi connectivity index (χ2n) is 3.89. The molecule has 0 amide bonds. The van der Waals surface area contributed by atoms with Gasteiger partial charge in [0.2, 0.25) is 0 Å². The number of benzene rings is 2. The SMILES string of the molecule is Cc1ccc(Oc2cccc(Cl)c2C(N)=S)cc1. The molecular weight excluding hydrogens is 266 g/mol. The van der Waals surface area contributed by atoms with Gasteiger partial charge in [0.05, 0.1) is 10.6 Å². The summed E-state index contributed by atoms with van der Waals surface area (Å²) in [5.41, 5.74) is 7.39. The van der Waals surface area contributed by atoms with Gasteiger partial charge in [-0.1, -0.05) is 47.6 Å². The lowest BCUT2D eigenvalue weighted by molar-refractivity contribution is 0.481. The van der Waals surface area contributed by atoms with Gasteiger partial charge in [0.25, 0.3) is 0 Å². The molecular formula is C14H12ClNOS. The van der Waals surface area contributed by atoms with Crippen LogP contribution in [0.2, 0.25) is 5.02 Å². The fourth-order valence-corrected chi connectivity index (χ4v) is 2.10. The number of halogens is 1. The molecule has 4 heteroatoms. The highest BCUT2D eigenvalue weighted by atomic mass is 35.5. The van der Waals surface area contributed by atoms with Gasteiger partial charge in [0.1, 0.15) is 16.5 Å². The van der Waals surface area contributed by atoms with E-state index in [0.717, 1.165) is 5.75 Å². The van der Waals surface area contributed by atoms with Crippen LogP contribution < -0.4 is 10.5 Å². The summed E-state index contributed by atoms with van der Waals surface area (Å²) in [5.74, 6) is 1.29.